The van der Waals surface area contributed by atoms with Crippen molar-refractivity contribution < 1.29 is 0 Å². The maximum Gasteiger partial charge on any atom is 0.0121 e. The van der Waals surface area contributed by atoms with Crippen molar-refractivity contribution in [2.24, 2.45) is 0 Å². The van der Waals surface area contributed by atoms with Crippen molar-refractivity contribution in [2.75, 3.05) is 0 Å². The van der Waals surface area contributed by atoms with Crippen molar-refractivity contribution in [3.05, 3.63) is 76.4 Å². The lowest BCUT2D eigenvalue weighted by Crippen LogP contribution is -2.17. The van der Waals surface area contributed by atoms with Crippen LogP contribution >= 0.6 is 0 Å². The Balaban J connectivity index is 2.20. The minimum atomic E-state index is 0.145. The molecule has 1 aliphatic carbocycles. The van der Waals surface area contributed by atoms with Crippen LogP contribution in [0.15, 0.2) is 54.1 Å². The molecule has 0 radical (unpaired) electrons. The Bertz CT molecular complexity index is 699. The fourth-order valence-corrected chi connectivity index (χ4v) is 3.72. The van der Waals surface area contributed by atoms with Crippen LogP contribution in [-0.2, 0) is 5.41 Å². The van der Waals surface area contributed by atoms with E-state index >= 15 is 0 Å². The van der Waals surface area contributed by atoms with Crippen LogP contribution in [0.3, 0.4) is 0 Å². The molecule has 0 unspecified atom stereocenters. The summed E-state index contributed by atoms with van der Waals surface area (Å²) < 4.78 is 0. The van der Waals surface area contributed by atoms with Gasteiger partial charge in [0.1, 0.15) is 0 Å². The molecular weight excluding hydrogens is 264 g/mol. The van der Waals surface area contributed by atoms with Crippen molar-refractivity contribution in [1.29, 1.82) is 0 Å². The van der Waals surface area contributed by atoms with Gasteiger partial charge in [0, 0.05) is 5.41 Å². The Morgan fingerprint density at radius 1 is 0.909 bits per heavy atom. The fourth-order valence-electron chi connectivity index (χ4n) is 3.72. The van der Waals surface area contributed by atoms with Crippen molar-refractivity contribution in [3.8, 4) is 0 Å². The van der Waals surface area contributed by atoms with Crippen LogP contribution in [0.2, 0.25) is 0 Å². The van der Waals surface area contributed by atoms with Crippen molar-refractivity contribution >= 4 is 5.57 Å². The fraction of sp³-hybridized carbons (Fsp3) is 0.364. The highest BCUT2D eigenvalue weighted by Crippen LogP contribution is 2.50. The molecule has 0 heterocycles. The molecule has 0 saturated carbocycles. The normalized spacial score (nSPS) is 16.0. The van der Waals surface area contributed by atoms with E-state index in [0.29, 0.717) is 0 Å². The first-order valence-corrected chi connectivity index (χ1v) is 8.46. The molecule has 0 nitrogen and oxygen atoms in total. The summed E-state index contributed by atoms with van der Waals surface area (Å²) in [6.45, 7) is 9.21. The quantitative estimate of drug-likeness (QED) is 0.621. The standard InChI is InChI=1S/C22H26/c1-5-6-10-20-21(17-14-12-16(2)13-15-17)18-9-7-8-11-19(18)22(20,3)4/h7-9,11-15H,5-6,10H2,1-4H3. The predicted octanol–water partition coefficient (Wildman–Crippen LogP) is 6.28. The molecule has 0 spiro atoms. The summed E-state index contributed by atoms with van der Waals surface area (Å²) in [6.07, 6.45) is 3.71. The van der Waals surface area contributed by atoms with Crippen LogP contribution in [0.25, 0.3) is 5.57 Å². The molecule has 1 aliphatic rings. The molecule has 0 atom stereocenters. The van der Waals surface area contributed by atoms with E-state index in [-0.39, 0.29) is 5.41 Å². The van der Waals surface area contributed by atoms with Crippen LogP contribution in [0.4, 0.5) is 0 Å². The highest BCUT2D eigenvalue weighted by atomic mass is 14.4. The molecule has 0 saturated heterocycles. The number of fused-ring (bicyclic) bond motifs is 1. The maximum atomic E-state index is 2.39. The van der Waals surface area contributed by atoms with Gasteiger partial charge in [-0.2, -0.15) is 0 Å². The third kappa shape index (κ3) is 2.41. The van der Waals surface area contributed by atoms with E-state index in [2.05, 4.69) is 76.2 Å². The summed E-state index contributed by atoms with van der Waals surface area (Å²) in [6, 6.07) is 18.0. The zero-order valence-electron chi connectivity index (χ0n) is 14.2. The molecule has 0 amide bonds. The zero-order valence-corrected chi connectivity index (χ0v) is 14.2. The first-order chi connectivity index (χ1) is 10.6. The molecule has 114 valence electrons. The number of hydrogen-bond acceptors (Lipinski definition) is 0. The third-order valence-electron chi connectivity index (χ3n) is 5.05. The first-order valence-electron chi connectivity index (χ1n) is 8.46. The van der Waals surface area contributed by atoms with Gasteiger partial charge in [-0.15, -0.1) is 0 Å². The minimum absolute atomic E-state index is 0.145. The Hall–Kier alpha value is -1.82. The molecule has 0 N–H and O–H groups in total. The lowest BCUT2D eigenvalue weighted by molar-refractivity contribution is 0.592. The van der Waals surface area contributed by atoms with Crippen molar-refractivity contribution in [3.63, 3.8) is 0 Å². The smallest absolute Gasteiger partial charge is 0.0121 e. The second-order valence-electron chi connectivity index (χ2n) is 6.99. The second-order valence-corrected chi connectivity index (χ2v) is 6.99. The predicted molar refractivity (Wildman–Crippen MR) is 96.2 cm³/mol. The maximum absolute atomic E-state index is 2.39. The second kappa shape index (κ2) is 5.76. The van der Waals surface area contributed by atoms with Gasteiger partial charge in [-0.05, 0) is 42.0 Å². The van der Waals surface area contributed by atoms with Gasteiger partial charge in [0.25, 0.3) is 0 Å². The number of hydrogen-bond donors (Lipinski definition) is 0. The van der Waals surface area contributed by atoms with Gasteiger partial charge in [-0.25, -0.2) is 0 Å². The monoisotopic (exact) mass is 290 g/mol. The summed E-state index contributed by atoms with van der Waals surface area (Å²) in [5, 5.41) is 0. The minimum Gasteiger partial charge on any atom is -0.0654 e. The molecule has 0 bridgehead atoms. The summed E-state index contributed by atoms with van der Waals surface area (Å²) in [5.74, 6) is 0. The average molecular weight is 290 g/mol. The molecule has 3 rings (SSSR count). The topological polar surface area (TPSA) is 0 Å². The lowest BCUT2D eigenvalue weighted by Gasteiger charge is -2.25. The number of aryl methyl sites for hydroxylation is 1. The Kier molecular flexibility index (Phi) is 3.95. The SMILES string of the molecule is CCCCC1=C(c2ccc(C)cc2)c2ccccc2C1(C)C. The van der Waals surface area contributed by atoms with Gasteiger partial charge in [-0.1, -0.05) is 86.9 Å². The number of allylic oxidation sites excluding steroid dienone is 1. The molecule has 0 heteroatoms. The Labute approximate surface area is 134 Å². The van der Waals surface area contributed by atoms with E-state index in [1.807, 2.05) is 0 Å². The zero-order chi connectivity index (χ0) is 15.7. The number of unbranched alkanes of at least 4 members (excludes halogenated alkanes) is 1. The molecule has 2 aromatic rings. The van der Waals surface area contributed by atoms with Gasteiger partial charge in [-0.3, -0.25) is 0 Å². The van der Waals surface area contributed by atoms with E-state index < -0.39 is 0 Å². The van der Waals surface area contributed by atoms with Crippen molar-refractivity contribution in [2.45, 2.75) is 52.4 Å². The van der Waals surface area contributed by atoms with E-state index in [4.69, 9.17) is 0 Å². The van der Waals surface area contributed by atoms with E-state index in [0.717, 1.165) is 0 Å². The molecule has 0 aromatic heterocycles. The van der Waals surface area contributed by atoms with Crippen LogP contribution in [0.5, 0.6) is 0 Å². The van der Waals surface area contributed by atoms with Crippen LogP contribution in [-0.4, -0.2) is 0 Å². The van der Waals surface area contributed by atoms with E-state index in [9.17, 15) is 0 Å². The van der Waals surface area contributed by atoms with Gasteiger partial charge >= 0.3 is 0 Å². The van der Waals surface area contributed by atoms with Gasteiger partial charge in [0.05, 0.1) is 0 Å². The molecular formula is C22H26. The highest BCUT2D eigenvalue weighted by Gasteiger charge is 2.37. The molecule has 2 aromatic carbocycles. The molecule has 0 fully saturated rings. The lowest BCUT2D eigenvalue weighted by atomic mass is 9.79. The highest BCUT2D eigenvalue weighted by molar-refractivity contribution is 5.89. The molecule has 22 heavy (non-hydrogen) atoms. The van der Waals surface area contributed by atoms with Gasteiger partial charge in [0.15, 0.2) is 0 Å². The first kappa shape index (κ1) is 15.1. The third-order valence-corrected chi connectivity index (χ3v) is 5.05. The van der Waals surface area contributed by atoms with Crippen LogP contribution < -0.4 is 0 Å². The summed E-state index contributed by atoms with van der Waals surface area (Å²) in [5.41, 5.74) is 8.85. The summed E-state index contributed by atoms with van der Waals surface area (Å²) in [4.78, 5) is 0. The van der Waals surface area contributed by atoms with Gasteiger partial charge in [0.2, 0.25) is 0 Å². The largest absolute Gasteiger partial charge is 0.0654 e. The Morgan fingerprint density at radius 2 is 1.59 bits per heavy atom. The average Bonchev–Trinajstić information content (AvgIpc) is 2.74. The summed E-state index contributed by atoms with van der Waals surface area (Å²) in [7, 11) is 0. The Morgan fingerprint density at radius 3 is 2.27 bits per heavy atom. The van der Waals surface area contributed by atoms with E-state index in [1.54, 1.807) is 5.57 Å². The van der Waals surface area contributed by atoms with Gasteiger partial charge < -0.3 is 0 Å². The number of rotatable bonds is 4. The molecule has 0 aliphatic heterocycles. The van der Waals surface area contributed by atoms with E-state index in [1.165, 1.54) is 47.1 Å². The summed E-state index contributed by atoms with van der Waals surface area (Å²) >= 11 is 0. The number of benzene rings is 2. The van der Waals surface area contributed by atoms with Crippen LogP contribution in [0.1, 0.15) is 62.3 Å². The van der Waals surface area contributed by atoms with Crippen molar-refractivity contribution in [1.82, 2.24) is 0 Å². The van der Waals surface area contributed by atoms with Crippen LogP contribution in [0, 0.1) is 6.92 Å².